The van der Waals surface area contributed by atoms with Crippen molar-refractivity contribution >= 4 is 22.9 Å². The van der Waals surface area contributed by atoms with E-state index in [-0.39, 0.29) is 10.3 Å². The normalized spacial score (nSPS) is 18.7. The minimum Gasteiger partial charge on any atom is -0.321 e. The molecule has 3 nitrogen and oxygen atoms in total. The summed E-state index contributed by atoms with van der Waals surface area (Å²) in [6, 6.07) is 5.82. The van der Waals surface area contributed by atoms with Gasteiger partial charge in [0, 0.05) is 5.69 Å². The first-order valence-corrected chi connectivity index (χ1v) is 8.72. The Labute approximate surface area is 144 Å². The van der Waals surface area contributed by atoms with Crippen LogP contribution in [0.5, 0.6) is 0 Å². The molecule has 1 aromatic carbocycles. The molecule has 128 valence electrons. The highest BCUT2D eigenvalue weighted by atomic mass is 32.1. The molecule has 0 fully saturated rings. The van der Waals surface area contributed by atoms with E-state index in [2.05, 4.69) is 37.1 Å². The molecule has 1 unspecified atom stereocenters. The van der Waals surface area contributed by atoms with Gasteiger partial charge in [0.15, 0.2) is 0 Å². The molecule has 0 saturated carbocycles. The molecule has 1 aromatic heterocycles. The molecule has 1 aliphatic rings. The lowest BCUT2D eigenvalue weighted by Crippen LogP contribution is -2.15. The van der Waals surface area contributed by atoms with Gasteiger partial charge < -0.3 is 5.32 Å². The van der Waals surface area contributed by atoms with Crippen LogP contribution in [0.3, 0.4) is 0 Å². The van der Waals surface area contributed by atoms with Crippen LogP contribution in [0.15, 0.2) is 18.2 Å². The molecule has 0 aliphatic heterocycles. The molecule has 0 spiro atoms. The number of carbonyl (C=O) groups is 1. The van der Waals surface area contributed by atoms with Crippen LogP contribution in [0, 0.1) is 6.92 Å². The number of nitrogens with one attached hydrogen (secondary N) is 1. The van der Waals surface area contributed by atoms with Crippen LogP contribution in [-0.4, -0.2) is 10.9 Å². The van der Waals surface area contributed by atoms with Crippen LogP contribution in [0.4, 0.5) is 14.5 Å². The van der Waals surface area contributed by atoms with Gasteiger partial charge in [-0.05, 0) is 41.9 Å². The average Bonchev–Trinajstić information content (AvgIpc) is 2.98. The quantitative estimate of drug-likeness (QED) is 0.802. The third-order valence-corrected chi connectivity index (χ3v) is 5.55. The second-order valence-corrected chi connectivity index (χ2v) is 8.16. The lowest BCUT2D eigenvalue weighted by atomic mass is 9.86. The number of nitrogens with zero attached hydrogens (tertiary/aromatic N) is 1. The van der Waals surface area contributed by atoms with Crippen molar-refractivity contribution in [3.05, 3.63) is 44.9 Å². The number of rotatable bonds is 3. The van der Waals surface area contributed by atoms with Gasteiger partial charge in [-0.3, -0.25) is 4.79 Å². The van der Waals surface area contributed by atoms with Gasteiger partial charge in [-0.1, -0.05) is 32.9 Å². The van der Waals surface area contributed by atoms with Crippen molar-refractivity contribution < 1.29 is 13.6 Å². The minimum atomic E-state index is -2.75. The van der Waals surface area contributed by atoms with E-state index in [0.717, 1.165) is 23.3 Å². The number of anilines is 1. The zero-order valence-electron chi connectivity index (χ0n) is 14.1. The predicted molar refractivity (Wildman–Crippen MR) is 92.3 cm³/mol. The number of halogens is 2. The van der Waals surface area contributed by atoms with Crippen LogP contribution >= 0.6 is 11.3 Å². The maximum absolute atomic E-state index is 13.1. The summed E-state index contributed by atoms with van der Waals surface area (Å²) in [6.45, 7) is 8.12. The summed E-state index contributed by atoms with van der Waals surface area (Å²) in [5.41, 5.74) is 2.64. The van der Waals surface area contributed by atoms with Crippen molar-refractivity contribution in [3.8, 4) is 0 Å². The van der Waals surface area contributed by atoms with Crippen molar-refractivity contribution in [2.24, 2.45) is 0 Å². The van der Waals surface area contributed by atoms with Gasteiger partial charge in [-0.25, -0.2) is 13.8 Å². The van der Waals surface area contributed by atoms with Crippen molar-refractivity contribution in [1.82, 2.24) is 4.98 Å². The minimum absolute atomic E-state index is 0.00925. The monoisotopic (exact) mass is 350 g/mol. The topological polar surface area (TPSA) is 42.0 Å². The van der Waals surface area contributed by atoms with Gasteiger partial charge in [0.1, 0.15) is 10.6 Å². The van der Waals surface area contributed by atoms with E-state index in [9.17, 15) is 13.6 Å². The fraction of sp³-hybridized carbons (Fsp3) is 0.444. The number of carbonyl (C=O) groups excluding carboxylic acids is 1. The van der Waals surface area contributed by atoms with E-state index in [1.54, 1.807) is 6.92 Å². The fourth-order valence-electron chi connectivity index (χ4n) is 3.71. The molecule has 1 heterocycles. The molecule has 1 N–H and O–H groups in total. The van der Waals surface area contributed by atoms with Crippen LogP contribution in [0.1, 0.15) is 71.0 Å². The molecule has 2 aromatic rings. The number of fused-ring (bicyclic) bond motifs is 1. The van der Waals surface area contributed by atoms with Gasteiger partial charge in [0.25, 0.3) is 12.3 Å². The summed E-state index contributed by atoms with van der Waals surface area (Å²) in [4.78, 5) is 16.3. The highest BCUT2D eigenvalue weighted by Gasteiger charge is 2.36. The number of amides is 1. The number of thiazole rings is 1. The highest BCUT2D eigenvalue weighted by Crippen LogP contribution is 2.48. The molecule has 3 rings (SSSR count). The number of hydrogen-bond acceptors (Lipinski definition) is 3. The predicted octanol–water partition coefficient (Wildman–Crippen LogP) is 5.43. The molecular weight excluding hydrogens is 330 g/mol. The van der Waals surface area contributed by atoms with E-state index in [1.807, 2.05) is 12.1 Å². The van der Waals surface area contributed by atoms with E-state index >= 15 is 0 Å². The summed E-state index contributed by atoms with van der Waals surface area (Å²) in [7, 11) is 0. The number of aryl methyl sites for hydroxylation is 1. The van der Waals surface area contributed by atoms with E-state index in [0.29, 0.717) is 16.6 Å². The van der Waals surface area contributed by atoms with Gasteiger partial charge >= 0.3 is 0 Å². The first-order chi connectivity index (χ1) is 11.2. The van der Waals surface area contributed by atoms with Gasteiger partial charge in [-0.15, -0.1) is 11.3 Å². The standard InChI is InChI=1S/C18H20F2N2OS/c1-9-8-18(3,4)11-6-5-7-12(13(9)11)22-17(23)15-14(16(19)20)21-10(2)24-15/h5-7,9,16H,8H2,1-4H3,(H,22,23). The highest BCUT2D eigenvalue weighted by molar-refractivity contribution is 7.13. The van der Waals surface area contributed by atoms with Crippen molar-refractivity contribution in [2.45, 2.75) is 51.9 Å². The average molecular weight is 350 g/mol. The molecule has 0 saturated heterocycles. The van der Waals surface area contributed by atoms with Gasteiger partial charge in [-0.2, -0.15) is 0 Å². The van der Waals surface area contributed by atoms with Crippen molar-refractivity contribution in [2.75, 3.05) is 5.32 Å². The second-order valence-electron chi connectivity index (χ2n) is 6.96. The van der Waals surface area contributed by atoms with Crippen molar-refractivity contribution in [3.63, 3.8) is 0 Å². The summed E-state index contributed by atoms with van der Waals surface area (Å²) in [5.74, 6) is -0.203. The Morgan fingerprint density at radius 3 is 2.79 bits per heavy atom. The van der Waals surface area contributed by atoms with Crippen LogP contribution in [0.2, 0.25) is 0 Å². The Morgan fingerprint density at radius 1 is 1.42 bits per heavy atom. The smallest absolute Gasteiger partial charge is 0.282 e. The summed E-state index contributed by atoms with van der Waals surface area (Å²) in [6.07, 6.45) is -1.76. The molecule has 1 atom stereocenters. The van der Waals surface area contributed by atoms with Crippen LogP contribution in [-0.2, 0) is 5.41 Å². The van der Waals surface area contributed by atoms with Gasteiger partial charge in [0.2, 0.25) is 0 Å². The Morgan fingerprint density at radius 2 is 2.12 bits per heavy atom. The lowest BCUT2D eigenvalue weighted by Gasteiger charge is -2.19. The molecular formula is C18H20F2N2OS. The number of aromatic nitrogens is 1. The Hall–Kier alpha value is -1.82. The summed E-state index contributed by atoms with van der Waals surface area (Å²) in [5, 5.41) is 3.29. The second kappa shape index (κ2) is 5.92. The van der Waals surface area contributed by atoms with Crippen molar-refractivity contribution in [1.29, 1.82) is 0 Å². The first-order valence-electron chi connectivity index (χ1n) is 7.91. The SMILES string of the molecule is Cc1nc(C(F)F)c(C(=O)Nc2cccc3c2C(C)CC3(C)C)s1. The largest absolute Gasteiger partial charge is 0.321 e. The summed E-state index contributed by atoms with van der Waals surface area (Å²) >= 11 is 1.00. The Balaban J connectivity index is 1.96. The number of alkyl halides is 2. The third kappa shape index (κ3) is 2.83. The number of benzene rings is 1. The maximum atomic E-state index is 13.1. The van der Waals surface area contributed by atoms with E-state index in [1.165, 1.54) is 5.56 Å². The van der Waals surface area contributed by atoms with Gasteiger partial charge in [0.05, 0.1) is 5.01 Å². The zero-order valence-corrected chi connectivity index (χ0v) is 14.9. The maximum Gasteiger partial charge on any atom is 0.282 e. The fourth-order valence-corrected chi connectivity index (χ4v) is 4.53. The third-order valence-electron chi connectivity index (χ3n) is 4.57. The molecule has 6 heteroatoms. The first kappa shape index (κ1) is 17.0. The summed E-state index contributed by atoms with van der Waals surface area (Å²) < 4.78 is 26.2. The lowest BCUT2D eigenvalue weighted by molar-refractivity contribution is 0.101. The molecule has 0 radical (unpaired) electrons. The molecule has 1 amide bonds. The molecule has 24 heavy (non-hydrogen) atoms. The van der Waals surface area contributed by atoms with Crippen LogP contribution < -0.4 is 5.32 Å². The van der Waals surface area contributed by atoms with Crippen LogP contribution in [0.25, 0.3) is 0 Å². The van der Waals surface area contributed by atoms with E-state index < -0.39 is 18.0 Å². The van der Waals surface area contributed by atoms with E-state index in [4.69, 9.17) is 0 Å². The molecule has 0 bridgehead atoms. The Kier molecular flexibility index (Phi) is 4.20. The zero-order chi connectivity index (χ0) is 17.6. The number of hydrogen-bond donors (Lipinski definition) is 1. The Bertz CT molecular complexity index is 798. The molecule has 1 aliphatic carbocycles.